The molecule has 1 radical (unpaired) electrons. The molecule has 0 aliphatic rings. The number of aromatic nitrogens is 2. The number of hydrogen-bond acceptors (Lipinski definition) is 3. The normalized spacial score (nSPS) is 10.6. The summed E-state index contributed by atoms with van der Waals surface area (Å²) in [6.07, 6.45) is 3.67. The molecular weight excluding hydrogens is 204 g/mol. The largest absolute Gasteiger partial charge is 0.230 e. The second-order valence-electron chi connectivity index (χ2n) is 2.45. The number of halogens is 1. The molecule has 0 aliphatic carbocycles. The average molecular weight is 210 g/mol. The summed E-state index contributed by atoms with van der Waals surface area (Å²) < 4.78 is 0. The molecule has 13 heavy (non-hydrogen) atoms. The number of benzene rings is 1. The fraction of sp³-hybridized carbons (Fsp3) is 0.111. The summed E-state index contributed by atoms with van der Waals surface area (Å²) in [5, 5.41) is 2.18. The molecule has 0 saturated carbocycles. The monoisotopic (exact) mass is 209 g/mol. The van der Waals surface area contributed by atoms with Crippen molar-refractivity contribution in [2.75, 3.05) is 6.26 Å². The number of nitrogens with zero attached hydrogens (tertiary/aromatic N) is 2. The Kier molecular flexibility index (Phi) is 2.38. The second-order valence-corrected chi connectivity index (χ2v) is 3.60. The number of thioether (sulfide) groups is 1. The van der Waals surface area contributed by atoms with Crippen molar-refractivity contribution in [3.05, 3.63) is 29.4 Å². The Morgan fingerprint density at radius 3 is 3.15 bits per heavy atom. The summed E-state index contributed by atoms with van der Waals surface area (Å²) in [7, 11) is 0. The average Bonchev–Trinajstić information content (AvgIpc) is 2.18. The third-order valence-electron chi connectivity index (χ3n) is 1.67. The van der Waals surface area contributed by atoms with Gasteiger partial charge in [-0.15, -0.1) is 0 Å². The molecule has 1 aromatic heterocycles. The zero-order valence-corrected chi connectivity index (χ0v) is 8.49. The summed E-state index contributed by atoms with van der Waals surface area (Å²) in [5.41, 5.74) is 0.864. The standard InChI is InChI=1S/C9H6ClN2S/c1-13-9-11-5-6-7(10)3-2-4-8(6)12-9/h2,4-5H,1H3. The van der Waals surface area contributed by atoms with E-state index in [4.69, 9.17) is 11.6 Å². The highest BCUT2D eigenvalue weighted by Crippen LogP contribution is 2.21. The van der Waals surface area contributed by atoms with Crippen LogP contribution >= 0.6 is 23.4 Å². The molecular formula is C9H6ClN2S. The topological polar surface area (TPSA) is 25.8 Å². The minimum atomic E-state index is 0.574. The van der Waals surface area contributed by atoms with Crippen molar-refractivity contribution in [2.24, 2.45) is 0 Å². The molecule has 0 atom stereocenters. The molecule has 2 aromatic rings. The van der Waals surface area contributed by atoms with Crippen molar-refractivity contribution in [1.82, 2.24) is 9.97 Å². The van der Waals surface area contributed by atoms with Crippen LogP contribution in [0.1, 0.15) is 0 Å². The smallest absolute Gasteiger partial charge is 0.187 e. The molecule has 4 heteroatoms. The van der Waals surface area contributed by atoms with E-state index in [1.807, 2.05) is 12.3 Å². The van der Waals surface area contributed by atoms with Gasteiger partial charge in [0.05, 0.1) is 10.5 Å². The quantitative estimate of drug-likeness (QED) is 0.534. The summed E-state index contributed by atoms with van der Waals surface area (Å²) in [5.74, 6) is 0. The Morgan fingerprint density at radius 1 is 1.54 bits per heavy atom. The lowest BCUT2D eigenvalue weighted by Crippen LogP contribution is -1.86. The van der Waals surface area contributed by atoms with Gasteiger partial charge in [0, 0.05) is 17.6 Å². The first-order chi connectivity index (χ1) is 6.31. The first-order valence-corrected chi connectivity index (χ1v) is 5.28. The first kappa shape index (κ1) is 8.78. The summed E-state index contributed by atoms with van der Waals surface area (Å²) in [4.78, 5) is 8.44. The maximum atomic E-state index is 5.91. The van der Waals surface area contributed by atoms with E-state index in [9.17, 15) is 0 Å². The third kappa shape index (κ3) is 1.62. The van der Waals surface area contributed by atoms with Crippen molar-refractivity contribution >= 4 is 34.3 Å². The molecule has 0 bridgehead atoms. The zero-order chi connectivity index (χ0) is 9.26. The van der Waals surface area contributed by atoms with Crippen molar-refractivity contribution in [1.29, 1.82) is 0 Å². The lowest BCUT2D eigenvalue weighted by Gasteiger charge is -1.99. The van der Waals surface area contributed by atoms with Gasteiger partial charge in [0.15, 0.2) is 5.16 Å². The number of hydrogen-bond donors (Lipinski definition) is 0. The first-order valence-electron chi connectivity index (χ1n) is 3.68. The van der Waals surface area contributed by atoms with Crippen molar-refractivity contribution in [2.45, 2.75) is 5.16 Å². The Balaban J connectivity index is 2.72. The van der Waals surface area contributed by atoms with Crippen molar-refractivity contribution < 1.29 is 0 Å². The Bertz CT molecular complexity index is 445. The lowest BCUT2D eigenvalue weighted by molar-refractivity contribution is 1.01. The predicted molar refractivity (Wildman–Crippen MR) is 55.2 cm³/mol. The Labute approximate surface area is 85.3 Å². The van der Waals surface area contributed by atoms with Crippen LogP contribution in [0.3, 0.4) is 0 Å². The fourth-order valence-corrected chi connectivity index (χ4v) is 1.60. The maximum Gasteiger partial charge on any atom is 0.187 e. The number of fused-ring (bicyclic) bond motifs is 1. The second kappa shape index (κ2) is 3.52. The maximum absolute atomic E-state index is 5.91. The van der Waals surface area contributed by atoms with Crippen LogP contribution in [0.2, 0.25) is 5.02 Å². The van der Waals surface area contributed by atoms with E-state index < -0.39 is 0 Å². The highest BCUT2D eigenvalue weighted by Gasteiger charge is 2.01. The molecule has 65 valence electrons. The SMILES string of the molecule is CSc1ncc2c(Cl)[c]ccc2n1. The lowest BCUT2D eigenvalue weighted by atomic mass is 10.2. The van der Waals surface area contributed by atoms with E-state index in [2.05, 4.69) is 16.0 Å². The zero-order valence-electron chi connectivity index (χ0n) is 6.91. The van der Waals surface area contributed by atoms with Gasteiger partial charge in [-0.3, -0.25) is 0 Å². The molecule has 1 aromatic carbocycles. The predicted octanol–water partition coefficient (Wildman–Crippen LogP) is 2.81. The fourth-order valence-electron chi connectivity index (χ4n) is 1.04. The van der Waals surface area contributed by atoms with Gasteiger partial charge in [-0.05, 0) is 12.3 Å². The minimum Gasteiger partial charge on any atom is -0.230 e. The Hall–Kier alpha value is -0.800. The summed E-state index contributed by atoms with van der Waals surface area (Å²) in [6.45, 7) is 0. The van der Waals surface area contributed by atoms with Gasteiger partial charge in [0.25, 0.3) is 0 Å². The molecule has 2 rings (SSSR count). The van der Waals surface area contributed by atoms with Crippen molar-refractivity contribution in [3.8, 4) is 0 Å². The number of rotatable bonds is 1. The minimum absolute atomic E-state index is 0.574. The summed E-state index contributed by atoms with van der Waals surface area (Å²) in [6, 6.07) is 6.53. The van der Waals surface area contributed by atoms with Gasteiger partial charge in [0.1, 0.15) is 0 Å². The molecule has 0 amide bonds. The van der Waals surface area contributed by atoms with E-state index in [1.54, 1.807) is 12.3 Å². The highest BCUT2D eigenvalue weighted by molar-refractivity contribution is 7.98. The van der Waals surface area contributed by atoms with E-state index >= 15 is 0 Å². The van der Waals surface area contributed by atoms with Crippen LogP contribution in [0.5, 0.6) is 0 Å². The van der Waals surface area contributed by atoms with Gasteiger partial charge >= 0.3 is 0 Å². The van der Waals surface area contributed by atoms with Crippen LogP contribution in [0.4, 0.5) is 0 Å². The highest BCUT2D eigenvalue weighted by atomic mass is 35.5. The molecule has 0 spiro atoms. The van der Waals surface area contributed by atoms with Gasteiger partial charge in [-0.25, -0.2) is 9.97 Å². The van der Waals surface area contributed by atoms with Crippen LogP contribution < -0.4 is 0 Å². The van der Waals surface area contributed by atoms with Crippen LogP contribution in [0.15, 0.2) is 23.5 Å². The van der Waals surface area contributed by atoms with E-state index in [-0.39, 0.29) is 0 Å². The molecule has 0 N–H and O–H groups in total. The third-order valence-corrected chi connectivity index (χ3v) is 2.54. The molecule has 0 aliphatic heterocycles. The summed E-state index contributed by atoms with van der Waals surface area (Å²) >= 11 is 7.42. The van der Waals surface area contributed by atoms with Crippen molar-refractivity contribution in [3.63, 3.8) is 0 Å². The molecule has 1 heterocycles. The molecule has 2 nitrogen and oxygen atoms in total. The van der Waals surface area contributed by atoms with Gasteiger partial charge < -0.3 is 0 Å². The molecule has 0 saturated heterocycles. The van der Waals surface area contributed by atoms with E-state index in [0.29, 0.717) is 5.02 Å². The van der Waals surface area contributed by atoms with Crippen LogP contribution in [-0.2, 0) is 0 Å². The van der Waals surface area contributed by atoms with E-state index in [0.717, 1.165) is 16.1 Å². The van der Waals surface area contributed by atoms with Crippen LogP contribution in [0.25, 0.3) is 10.9 Å². The molecule has 0 unspecified atom stereocenters. The Morgan fingerprint density at radius 2 is 2.38 bits per heavy atom. The molecule has 0 fully saturated rings. The van der Waals surface area contributed by atoms with Gasteiger partial charge in [0.2, 0.25) is 0 Å². The van der Waals surface area contributed by atoms with Gasteiger partial charge in [-0.1, -0.05) is 29.4 Å². The van der Waals surface area contributed by atoms with Gasteiger partial charge in [-0.2, -0.15) is 0 Å². The van der Waals surface area contributed by atoms with E-state index in [1.165, 1.54) is 11.8 Å². The van der Waals surface area contributed by atoms with Crippen LogP contribution in [0, 0.1) is 6.07 Å². The van der Waals surface area contributed by atoms with Crippen LogP contribution in [-0.4, -0.2) is 16.2 Å².